The molecule has 0 aromatic heterocycles. The molecule has 5 heteroatoms. The summed E-state index contributed by atoms with van der Waals surface area (Å²) in [4.78, 5) is 14.5. The predicted octanol–water partition coefficient (Wildman–Crippen LogP) is 1.81. The summed E-state index contributed by atoms with van der Waals surface area (Å²) in [5.41, 5.74) is -0.699. The van der Waals surface area contributed by atoms with Crippen molar-refractivity contribution in [2.45, 2.75) is 64.1 Å². The van der Waals surface area contributed by atoms with Gasteiger partial charge in [0.2, 0.25) is 0 Å². The normalized spacial score (nSPS) is 26.6. The van der Waals surface area contributed by atoms with Crippen LogP contribution in [0.25, 0.3) is 0 Å². The number of nitrogens with one attached hydrogen (secondary N) is 1. The Morgan fingerprint density at radius 3 is 2.62 bits per heavy atom. The smallest absolute Gasteiger partial charge is 0.325 e. The number of likely N-dealkylation sites (tertiary alicyclic amines) is 1. The van der Waals surface area contributed by atoms with E-state index in [1.54, 1.807) is 7.11 Å². The molecule has 1 rings (SSSR count). The minimum atomic E-state index is -0.635. The lowest BCUT2D eigenvalue weighted by molar-refractivity contribution is -0.148. The fourth-order valence-electron chi connectivity index (χ4n) is 3.14. The molecule has 1 aliphatic heterocycles. The number of rotatable bonds is 7. The lowest BCUT2D eigenvalue weighted by Gasteiger charge is -2.41. The Morgan fingerprint density at radius 1 is 1.43 bits per heavy atom. The Morgan fingerprint density at radius 2 is 2.10 bits per heavy atom. The van der Waals surface area contributed by atoms with Crippen LogP contribution in [0.2, 0.25) is 0 Å². The zero-order valence-electron chi connectivity index (χ0n) is 14.5. The van der Waals surface area contributed by atoms with E-state index in [1.807, 2.05) is 20.8 Å². The second-order valence-electron chi connectivity index (χ2n) is 6.91. The number of carbonyl (C=O) groups is 1. The van der Waals surface area contributed by atoms with Crippen molar-refractivity contribution >= 4 is 5.97 Å². The van der Waals surface area contributed by atoms with Crippen molar-refractivity contribution in [1.29, 1.82) is 0 Å². The summed E-state index contributed by atoms with van der Waals surface area (Å²) >= 11 is 0. The summed E-state index contributed by atoms with van der Waals surface area (Å²) in [6, 6.07) is 0.236. The molecule has 1 aliphatic rings. The fourth-order valence-corrected chi connectivity index (χ4v) is 3.14. The van der Waals surface area contributed by atoms with Crippen LogP contribution in [0.5, 0.6) is 0 Å². The first-order valence-electron chi connectivity index (χ1n) is 7.88. The Bertz CT molecular complexity index is 348. The number of carbonyl (C=O) groups excluding carboxylic acids is 1. The second kappa shape index (κ2) is 7.56. The van der Waals surface area contributed by atoms with E-state index in [1.165, 1.54) is 7.11 Å². The summed E-state index contributed by atoms with van der Waals surface area (Å²) in [5, 5.41) is 3.35. The van der Waals surface area contributed by atoms with Gasteiger partial charge in [-0.05, 0) is 53.5 Å². The molecule has 124 valence electrons. The number of hydrogen-bond acceptors (Lipinski definition) is 5. The molecule has 0 aromatic rings. The zero-order valence-corrected chi connectivity index (χ0v) is 14.5. The van der Waals surface area contributed by atoms with Crippen LogP contribution < -0.4 is 5.32 Å². The van der Waals surface area contributed by atoms with Crippen molar-refractivity contribution in [1.82, 2.24) is 10.2 Å². The van der Waals surface area contributed by atoms with Gasteiger partial charge in [-0.15, -0.1) is 0 Å². The number of hydrogen-bond donors (Lipinski definition) is 1. The standard InChI is InChI=1S/C16H32N2O3/c1-13(2)17-16(4,14(19)20-5)9-11-18-10-7-8-15(3,12-18)21-6/h13,17H,7-12H2,1-6H3. The van der Waals surface area contributed by atoms with E-state index in [2.05, 4.69) is 17.1 Å². The molecule has 1 saturated heterocycles. The van der Waals surface area contributed by atoms with Crippen LogP contribution in [-0.4, -0.2) is 61.9 Å². The molecule has 21 heavy (non-hydrogen) atoms. The quantitative estimate of drug-likeness (QED) is 0.727. The van der Waals surface area contributed by atoms with Gasteiger partial charge in [0.25, 0.3) is 0 Å². The largest absolute Gasteiger partial charge is 0.468 e. The van der Waals surface area contributed by atoms with Gasteiger partial charge in [-0.2, -0.15) is 0 Å². The van der Waals surface area contributed by atoms with Crippen LogP contribution >= 0.6 is 0 Å². The highest BCUT2D eigenvalue weighted by Gasteiger charge is 2.37. The molecule has 2 atom stereocenters. The third-order valence-corrected chi connectivity index (χ3v) is 4.40. The molecule has 0 aliphatic carbocycles. The minimum Gasteiger partial charge on any atom is -0.468 e. The highest BCUT2D eigenvalue weighted by molar-refractivity contribution is 5.80. The average Bonchev–Trinajstić information content (AvgIpc) is 2.43. The SMILES string of the molecule is COC(=O)C(C)(CCN1CCCC(C)(OC)C1)NC(C)C. The number of methoxy groups -OCH3 is 2. The lowest BCUT2D eigenvalue weighted by atomic mass is 9.92. The van der Waals surface area contributed by atoms with Gasteiger partial charge in [0.15, 0.2) is 0 Å². The number of ether oxygens (including phenoxy) is 2. The monoisotopic (exact) mass is 300 g/mol. The summed E-state index contributed by atoms with van der Waals surface area (Å²) in [7, 11) is 3.23. The molecule has 0 saturated carbocycles. The van der Waals surface area contributed by atoms with Crippen LogP contribution in [0.3, 0.4) is 0 Å². The topological polar surface area (TPSA) is 50.8 Å². The highest BCUT2D eigenvalue weighted by atomic mass is 16.5. The zero-order chi connectivity index (χ0) is 16.1. The minimum absolute atomic E-state index is 0.0641. The Labute approximate surface area is 129 Å². The van der Waals surface area contributed by atoms with Gasteiger partial charge in [0.05, 0.1) is 12.7 Å². The van der Waals surface area contributed by atoms with Gasteiger partial charge in [-0.1, -0.05) is 0 Å². The first-order valence-corrected chi connectivity index (χ1v) is 7.88. The summed E-state index contributed by atoms with van der Waals surface area (Å²) in [6.45, 7) is 11.0. The third-order valence-electron chi connectivity index (χ3n) is 4.40. The summed E-state index contributed by atoms with van der Waals surface area (Å²) in [5.74, 6) is -0.192. The van der Waals surface area contributed by atoms with Gasteiger partial charge in [-0.3, -0.25) is 10.1 Å². The Balaban J connectivity index is 2.62. The molecule has 0 spiro atoms. The van der Waals surface area contributed by atoms with Gasteiger partial charge >= 0.3 is 5.97 Å². The van der Waals surface area contributed by atoms with Crippen LogP contribution in [0.15, 0.2) is 0 Å². The van der Waals surface area contributed by atoms with E-state index < -0.39 is 5.54 Å². The predicted molar refractivity (Wildman–Crippen MR) is 84.4 cm³/mol. The van der Waals surface area contributed by atoms with Crippen LogP contribution in [0.4, 0.5) is 0 Å². The van der Waals surface area contributed by atoms with E-state index in [4.69, 9.17) is 9.47 Å². The molecule has 5 nitrogen and oxygen atoms in total. The van der Waals surface area contributed by atoms with Gasteiger partial charge < -0.3 is 14.4 Å². The Kier molecular flexibility index (Phi) is 6.63. The van der Waals surface area contributed by atoms with Crippen LogP contribution in [0, 0.1) is 0 Å². The molecule has 2 unspecified atom stereocenters. The van der Waals surface area contributed by atoms with Gasteiger partial charge in [0.1, 0.15) is 5.54 Å². The Hall–Kier alpha value is -0.650. The fraction of sp³-hybridized carbons (Fsp3) is 0.938. The van der Waals surface area contributed by atoms with E-state index in [0.29, 0.717) is 0 Å². The van der Waals surface area contributed by atoms with Crippen molar-refractivity contribution in [2.75, 3.05) is 33.9 Å². The molecule has 1 fully saturated rings. The summed E-state index contributed by atoms with van der Waals surface area (Å²) < 4.78 is 10.6. The third kappa shape index (κ3) is 5.24. The van der Waals surface area contributed by atoms with E-state index in [0.717, 1.165) is 38.9 Å². The van der Waals surface area contributed by atoms with Crippen molar-refractivity contribution in [3.05, 3.63) is 0 Å². The first-order chi connectivity index (χ1) is 9.74. The molecular formula is C16H32N2O3. The molecule has 0 aromatic carbocycles. The second-order valence-corrected chi connectivity index (χ2v) is 6.91. The maximum absolute atomic E-state index is 12.1. The van der Waals surface area contributed by atoms with Crippen LogP contribution in [0.1, 0.15) is 47.0 Å². The molecule has 1 heterocycles. The number of nitrogens with zero attached hydrogens (tertiary/aromatic N) is 1. The van der Waals surface area contributed by atoms with Gasteiger partial charge in [0, 0.05) is 26.2 Å². The number of piperidine rings is 1. The first kappa shape index (κ1) is 18.4. The molecule has 0 radical (unpaired) electrons. The van der Waals surface area contributed by atoms with Crippen LogP contribution in [-0.2, 0) is 14.3 Å². The van der Waals surface area contributed by atoms with E-state index in [9.17, 15) is 4.79 Å². The molecule has 0 bridgehead atoms. The van der Waals surface area contributed by atoms with Crippen molar-refractivity contribution in [2.24, 2.45) is 0 Å². The lowest BCUT2D eigenvalue weighted by Crippen LogP contribution is -2.55. The van der Waals surface area contributed by atoms with Crippen molar-refractivity contribution in [3.63, 3.8) is 0 Å². The molecule has 1 N–H and O–H groups in total. The summed E-state index contributed by atoms with van der Waals surface area (Å²) in [6.07, 6.45) is 2.97. The molecule has 0 amide bonds. The van der Waals surface area contributed by atoms with Crippen molar-refractivity contribution in [3.8, 4) is 0 Å². The number of esters is 1. The van der Waals surface area contributed by atoms with E-state index >= 15 is 0 Å². The maximum atomic E-state index is 12.1. The highest BCUT2D eigenvalue weighted by Crippen LogP contribution is 2.25. The van der Waals surface area contributed by atoms with Gasteiger partial charge in [-0.25, -0.2) is 0 Å². The molecular weight excluding hydrogens is 268 g/mol. The van der Waals surface area contributed by atoms with E-state index in [-0.39, 0.29) is 17.6 Å². The average molecular weight is 300 g/mol. The van der Waals surface area contributed by atoms with Crippen molar-refractivity contribution < 1.29 is 14.3 Å². The maximum Gasteiger partial charge on any atom is 0.325 e.